The van der Waals surface area contributed by atoms with E-state index in [0.717, 1.165) is 64.2 Å². The van der Waals surface area contributed by atoms with Gasteiger partial charge in [0.25, 0.3) is 31.9 Å². The number of nitrogens with one attached hydrogen (secondary N) is 6. The predicted molar refractivity (Wildman–Crippen MR) is 245 cm³/mol. The summed E-state index contributed by atoms with van der Waals surface area (Å²) in [7, 11) is -6.01. The number of carbonyl (C=O) groups excluding carboxylic acids is 2. The lowest BCUT2D eigenvalue weighted by atomic mass is 9.91. The Morgan fingerprint density at radius 3 is 1.64 bits per heavy atom. The van der Waals surface area contributed by atoms with Crippen molar-refractivity contribution in [2.45, 2.75) is 48.6 Å². The highest BCUT2D eigenvalue weighted by Gasteiger charge is 2.20. The second kappa shape index (κ2) is 18.9. The highest BCUT2D eigenvalue weighted by Crippen LogP contribution is 2.30. The van der Waals surface area contributed by atoms with E-state index in [-0.39, 0.29) is 34.7 Å². The molecule has 0 saturated carbocycles. The summed E-state index contributed by atoms with van der Waals surface area (Å²) in [6, 6.07) is 32.5. The van der Waals surface area contributed by atoms with E-state index in [1.165, 1.54) is 24.8 Å². The quantitative estimate of drug-likeness (QED) is 0.0676. The molecule has 326 valence electrons. The Balaban J connectivity index is 0.000000175. The van der Waals surface area contributed by atoms with Gasteiger partial charge in [-0.3, -0.25) is 29.0 Å². The first kappa shape index (κ1) is 43.2. The maximum Gasteiger partial charge on any atom is 0.267 e. The van der Waals surface area contributed by atoms with E-state index in [1.807, 2.05) is 18.2 Å². The molecule has 15 nitrogen and oxygen atoms in total. The molecule has 0 aliphatic heterocycles. The zero-order chi connectivity index (χ0) is 44.7. The number of hydrogen-bond donors (Lipinski definition) is 6. The van der Waals surface area contributed by atoms with Gasteiger partial charge in [-0.1, -0.05) is 48.5 Å². The van der Waals surface area contributed by atoms with Gasteiger partial charge in [0.2, 0.25) is 0 Å². The van der Waals surface area contributed by atoms with Gasteiger partial charge in [0.15, 0.2) is 0 Å². The molecule has 2 amide bonds. The van der Waals surface area contributed by atoms with Gasteiger partial charge < -0.3 is 25.3 Å². The fourth-order valence-electron chi connectivity index (χ4n) is 7.33. The van der Waals surface area contributed by atoms with E-state index in [1.54, 1.807) is 104 Å². The van der Waals surface area contributed by atoms with Gasteiger partial charge in [0.05, 0.1) is 28.3 Å². The third kappa shape index (κ3) is 10.1. The number of pyridine rings is 2. The number of sulfonamides is 2. The summed E-state index contributed by atoms with van der Waals surface area (Å²) in [5, 5.41) is 7.39. The molecule has 64 heavy (non-hydrogen) atoms. The molecule has 0 saturated heterocycles. The van der Waals surface area contributed by atoms with Crippen molar-refractivity contribution in [1.82, 2.24) is 30.6 Å². The van der Waals surface area contributed by atoms with Gasteiger partial charge >= 0.3 is 0 Å². The molecule has 0 unspecified atom stereocenters. The molecule has 0 atom stereocenters. The first-order valence-electron chi connectivity index (χ1n) is 20.3. The number of ether oxygens (including phenoxy) is 1. The minimum absolute atomic E-state index is 0.108. The molecule has 0 radical (unpaired) electrons. The highest BCUT2D eigenvalue weighted by molar-refractivity contribution is 7.93. The fraction of sp³-hybridized carbons (Fsp3) is 0.149. The summed E-state index contributed by atoms with van der Waals surface area (Å²) in [5.74, 6) is -0.0673. The number of carbonyl (C=O) groups is 2. The molecule has 0 spiro atoms. The van der Waals surface area contributed by atoms with Gasteiger partial charge in [0, 0.05) is 59.7 Å². The van der Waals surface area contributed by atoms with Crippen LogP contribution in [0.2, 0.25) is 0 Å². The van der Waals surface area contributed by atoms with Gasteiger partial charge in [-0.05, 0) is 115 Å². The lowest BCUT2D eigenvalue weighted by Crippen LogP contribution is -2.23. The van der Waals surface area contributed by atoms with E-state index in [0.29, 0.717) is 28.5 Å². The average molecular weight is 897 g/mol. The van der Waals surface area contributed by atoms with E-state index in [4.69, 9.17) is 4.74 Å². The van der Waals surface area contributed by atoms with E-state index < -0.39 is 20.0 Å². The maximum atomic E-state index is 12.9. The zero-order valence-electron chi connectivity index (χ0n) is 34.6. The van der Waals surface area contributed by atoms with Gasteiger partial charge in [-0.2, -0.15) is 0 Å². The third-order valence-electron chi connectivity index (χ3n) is 10.7. The lowest BCUT2D eigenvalue weighted by molar-refractivity contribution is 0.0939. The molecule has 0 fully saturated rings. The smallest absolute Gasteiger partial charge is 0.267 e. The molecular weight excluding hydrogens is 853 g/mol. The number of aryl methyl sites for hydroxylation is 1. The second-order valence-electron chi connectivity index (χ2n) is 15.0. The number of hydrogen-bond acceptors (Lipinski definition) is 9. The van der Waals surface area contributed by atoms with Crippen LogP contribution in [0.4, 0.5) is 11.4 Å². The molecule has 1 aliphatic rings. The standard InChI is InChI=1S/C25H24N4O3S.C22H20N4O4S/c30-25(24-14-19-16-26-13-12-22(19)28-24)27-15-17-8-10-20(11-9-17)33(31,32)29-23-7-3-5-18-4-1-2-6-21(18)23;1-30-21-5-3-2-4-19(21)26-31(28,29)17-8-6-15(7-9-17)13-24-22(27)20-12-16-14-23-11-10-18(16)25-20/h3,5,7-14,16,28-29H,1-2,4,6,15H2,(H,27,30);2-12,14,25-26H,13H2,1H3,(H,24,27). The monoisotopic (exact) mass is 896 g/mol. The predicted octanol–water partition coefficient (Wildman–Crippen LogP) is 7.47. The van der Waals surface area contributed by atoms with Gasteiger partial charge in [0.1, 0.15) is 17.1 Å². The van der Waals surface area contributed by atoms with Crippen LogP contribution in [0.3, 0.4) is 0 Å². The molecule has 4 aromatic carbocycles. The lowest BCUT2D eigenvalue weighted by Gasteiger charge is -2.20. The van der Waals surface area contributed by atoms with Crippen LogP contribution in [0.25, 0.3) is 21.8 Å². The van der Waals surface area contributed by atoms with Crippen molar-refractivity contribution < 1.29 is 31.2 Å². The first-order chi connectivity index (χ1) is 31.0. The Morgan fingerprint density at radius 2 is 1.11 bits per heavy atom. The largest absolute Gasteiger partial charge is 0.495 e. The Hall–Kier alpha value is -7.50. The number of nitrogens with zero attached hydrogens (tertiary/aromatic N) is 2. The van der Waals surface area contributed by atoms with Crippen LogP contribution in [-0.2, 0) is 46.0 Å². The molecular formula is C47H44N8O7S2. The number of aromatic nitrogens is 4. The average Bonchev–Trinajstić information content (AvgIpc) is 3.96. The Kier molecular flexibility index (Phi) is 12.7. The summed E-state index contributed by atoms with van der Waals surface area (Å²) >= 11 is 0. The second-order valence-corrected chi connectivity index (χ2v) is 18.4. The van der Waals surface area contributed by atoms with Crippen LogP contribution in [0.15, 0.2) is 150 Å². The van der Waals surface area contributed by atoms with E-state index in [9.17, 15) is 26.4 Å². The van der Waals surface area contributed by atoms with Crippen LogP contribution < -0.4 is 24.8 Å². The summed E-state index contributed by atoms with van der Waals surface area (Å²) < 4.78 is 61.7. The number of amides is 2. The zero-order valence-corrected chi connectivity index (χ0v) is 36.2. The third-order valence-corrected chi connectivity index (χ3v) is 13.5. The van der Waals surface area contributed by atoms with Crippen molar-refractivity contribution >= 4 is 65.0 Å². The number of anilines is 2. The van der Waals surface area contributed by atoms with Crippen molar-refractivity contribution in [2.75, 3.05) is 16.6 Å². The normalized spacial score (nSPS) is 12.4. The molecule has 8 aromatic rings. The Morgan fingerprint density at radius 1 is 0.609 bits per heavy atom. The van der Waals surface area contributed by atoms with Crippen molar-refractivity contribution in [3.63, 3.8) is 0 Å². The molecule has 17 heteroatoms. The fourth-order valence-corrected chi connectivity index (χ4v) is 9.49. The van der Waals surface area contributed by atoms with Crippen LogP contribution in [0.5, 0.6) is 5.75 Å². The van der Waals surface area contributed by atoms with Crippen molar-refractivity contribution in [3.05, 3.63) is 174 Å². The summed E-state index contributed by atoms with van der Waals surface area (Å²) in [5.41, 5.74) is 7.47. The number of H-pyrrole nitrogens is 2. The van der Waals surface area contributed by atoms with E-state index in [2.05, 4.69) is 46.1 Å². The minimum Gasteiger partial charge on any atom is -0.495 e. The minimum atomic E-state index is -3.78. The van der Waals surface area contributed by atoms with Crippen LogP contribution in [0.1, 0.15) is 56.1 Å². The molecule has 0 bridgehead atoms. The maximum absolute atomic E-state index is 12.9. The Bertz CT molecular complexity index is 3120. The molecule has 1 aliphatic carbocycles. The van der Waals surface area contributed by atoms with Crippen LogP contribution >= 0.6 is 0 Å². The summed E-state index contributed by atoms with van der Waals surface area (Å²) in [6.07, 6.45) is 10.8. The molecule has 4 aromatic heterocycles. The number of fused-ring (bicyclic) bond motifs is 3. The first-order valence-corrected chi connectivity index (χ1v) is 23.3. The van der Waals surface area contributed by atoms with Gasteiger partial charge in [-0.25, -0.2) is 16.8 Å². The van der Waals surface area contributed by atoms with Crippen molar-refractivity contribution in [1.29, 1.82) is 0 Å². The molecule has 6 N–H and O–H groups in total. The van der Waals surface area contributed by atoms with Crippen molar-refractivity contribution in [3.8, 4) is 5.75 Å². The number of para-hydroxylation sites is 2. The van der Waals surface area contributed by atoms with Gasteiger partial charge in [-0.15, -0.1) is 0 Å². The topological polar surface area (TPSA) is 217 Å². The highest BCUT2D eigenvalue weighted by atomic mass is 32.2. The molecule has 9 rings (SSSR count). The number of aromatic amines is 2. The van der Waals surface area contributed by atoms with Crippen LogP contribution in [-0.4, -0.2) is 55.7 Å². The number of rotatable bonds is 13. The van der Waals surface area contributed by atoms with E-state index >= 15 is 0 Å². The molecule has 4 heterocycles. The summed E-state index contributed by atoms with van der Waals surface area (Å²) in [4.78, 5) is 39.3. The summed E-state index contributed by atoms with van der Waals surface area (Å²) in [6.45, 7) is 0.541. The van der Waals surface area contributed by atoms with Crippen molar-refractivity contribution in [2.24, 2.45) is 0 Å². The van der Waals surface area contributed by atoms with Crippen LogP contribution in [0, 0.1) is 0 Å². The number of methoxy groups -OCH3 is 1. The SMILES string of the molecule is COc1ccccc1NS(=O)(=O)c1ccc(CNC(=O)c2cc3cnccc3[nH]2)cc1.O=C(NCc1ccc(S(=O)(=O)Nc2cccc3c2CCCC3)cc1)c1cc2cnccc2[nH]1. The number of benzene rings is 4. The Labute approximate surface area is 369 Å².